The van der Waals surface area contributed by atoms with E-state index in [9.17, 15) is 4.39 Å². The minimum absolute atomic E-state index is 0.205. The zero-order chi connectivity index (χ0) is 10.4. The fourth-order valence-electron chi connectivity index (χ4n) is 1.10. The molecule has 0 saturated heterocycles. The standard InChI is InChI=1S/C10H13BrFNS/c1-14-7-3-6-13-10-8(11)4-2-5-9(10)12/h2,4-5,13H,3,6-7H2,1H3. The van der Waals surface area contributed by atoms with Crippen molar-refractivity contribution in [2.75, 3.05) is 23.9 Å². The predicted molar refractivity (Wildman–Crippen MR) is 65.6 cm³/mol. The maximum absolute atomic E-state index is 13.3. The highest BCUT2D eigenvalue weighted by molar-refractivity contribution is 9.10. The van der Waals surface area contributed by atoms with Crippen LogP contribution in [0.2, 0.25) is 0 Å². The van der Waals surface area contributed by atoms with Gasteiger partial charge in [-0.2, -0.15) is 11.8 Å². The molecule has 1 aromatic carbocycles. The van der Waals surface area contributed by atoms with Gasteiger partial charge in [0.25, 0.3) is 0 Å². The van der Waals surface area contributed by atoms with Crippen molar-refractivity contribution in [3.63, 3.8) is 0 Å². The Balaban J connectivity index is 2.49. The monoisotopic (exact) mass is 277 g/mol. The summed E-state index contributed by atoms with van der Waals surface area (Å²) in [6.45, 7) is 0.806. The zero-order valence-electron chi connectivity index (χ0n) is 8.02. The van der Waals surface area contributed by atoms with Gasteiger partial charge in [0.2, 0.25) is 0 Å². The SMILES string of the molecule is CSCCCNc1c(F)cccc1Br. The van der Waals surface area contributed by atoms with Crippen LogP contribution in [0.15, 0.2) is 22.7 Å². The third-order valence-electron chi connectivity index (χ3n) is 1.79. The summed E-state index contributed by atoms with van der Waals surface area (Å²) in [5.74, 6) is 0.891. The molecular weight excluding hydrogens is 265 g/mol. The van der Waals surface area contributed by atoms with Gasteiger partial charge in [-0.25, -0.2) is 4.39 Å². The van der Waals surface area contributed by atoms with Gasteiger partial charge in [0.15, 0.2) is 0 Å². The third-order valence-corrected chi connectivity index (χ3v) is 3.15. The second-order valence-corrected chi connectivity index (χ2v) is 4.71. The van der Waals surface area contributed by atoms with Gasteiger partial charge in [0, 0.05) is 11.0 Å². The van der Waals surface area contributed by atoms with Crippen LogP contribution in [0, 0.1) is 5.82 Å². The van der Waals surface area contributed by atoms with E-state index in [4.69, 9.17) is 0 Å². The van der Waals surface area contributed by atoms with Gasteiger partial charge in [-0.05, 0) is 46.5 Å². The molecule has 4 heteroatoms. The van der Waals surface area contributed by atoms with E-state index < -0.39 is 0 Å². The predicted octanol–water partition coefficient (Wildman–Crippen LogP) is 3.75. The number of thioether (sulfide) groups is 1. The smallest absolute Gasteiger partial charge is 0.147 e. The van der Waals surface area contributed by atoms with Crippen LogP contribution in [-0.4, -0.2) is 18.6 Å². The molecule has 0 heterocycles. The van der Waals surface area contributed by atoms with E-state index in [1.54, 1.807) is 17.8 Å². The van der Waals surface area contributed by atoms with Crippen molar-refractivity contribution in [3.8, 4) is 0 Å². The van der Waals surface area contributed by atoms with Crippen molar-refractivity contribution in [1.29, 1.82) is 0 Å². The summed E-state index contributed by atoms with van der Waals surface area (Å²) in [7, 11) is 0. The highest BCUT2D eigenvalue weighted by Gasteiger charge is 2.04. The summed E-state index contributed by atoms with van der Waals surface area (Å²) in [6.07, 6.45) is 3.11. The maximum Gasteiger partial charge on any atom is 0.147 e. The number of rotatable bonds is 5. The average Bonchev–Trinajstić information content (AvgIpc) is 2.16. The molecule has 0 aliphatic carbocycles. The van der Waals surface area contributed by atoms with Gasteiger partial charge in [0.05, 0.1) is 5.69 Å². The molecule has 1 rings (SSSR count). The van der Waals surface area contributed by atoms with Gasteiger partial charge < -0.3 is 5.32 Å². The van der Waals surface area contributed by atoms with E-state index in [1.165, 1.54) is 6.07 Å². The summed E-state index contributed by atoms with van der Waals surface area (Å²) in [4.78, 5) is 0. The van der Waals surface area contributed by atoms with E-state index in [1.807, 2.05) is 6.07 Å². The van der Waals surface area contributed by atoms with Gasteiger partial charge in [-0.1, -0.05) is 6.07 Å². The van der Waals surface area contributed by atoms with Crippen LogP contribution in [0.3, 0.4) is 0 Å². The van der Waals surface area contributed by atoms with E-state index in [0.717, 1.165) is 23.2 Å². The van der Waals surface area contributed by atoms with Crippen LogP contribution < -0.4 is 5.32 Å². The lowest BCUT2D eigenvalue weighted by molar-refractivity contribution is 0.629. The largest absolute Gasteiger partial charge is 0.382 e. The Morgan fingerprint density at radius 3 is 2.93 bits per heavy atom. The quantitative estimate of drug-likeness (QED) is 0.823. The lowest BCUT2D eigenvalue weighted by atomic mass is 10.3. The van der Waals surface area contributed by atoms with Crippen LogP contribution >= 0.6 is 27.7 Å². The molecule has 0 spiro atoms. The lowest BCUT2D eigenvalue weighted by Crippen LogP contribution is -2.04. The molecule has 78 valence electrons. The van der Waals surface area contributed by atoms with Crippen molar-refractivity contribution in [1.82, 2.24) is 0 Å². The van der Waals surface area contributed by atoms with E-state index in [0.29, 0.717) is 5.69 Å². The molecule has 0 unspecified atom stereocenters. The molecule has 1 aromatic rings. The van der Waals surface area contributed by atoms with Crippen molar-refractivity contribution >= 4 is 33.4 Å². The van der Waals surface area contributed by atoms with Crippen molar-refractivity contribution in [2.45, 2.75) is 6.42 Å². The Hall–Kier alpha value is -0.220. The average molecular weight is 278 g/mol. The first kappa shape index (κ1) is 11.9. The lowest BCUT2D eigenvalue weighted by Gasteiger charge is -2.08. The van der Waals surface area contributed by atoms with Crippen LogP contribution in [-0.2, 0) is 0 Å². The fraction of sp³-hybridized carbons (Fsp3) is 0.400. The number of hydrogen-bond donors (Lipinski definition) is 1. The fourth-order valence-corrected chi connectivity index (χ4v) is 2.01. The van der Waals surface area contributed by atoms with Crippen molar-refractivity contribution in [2.24, 2.45) is 0 Å². The Kier molecular flexibility index (Phi) is 5.33. The molecule has 0 atom stereocenters. The normalized spacial score (nSPS) is 10.2. The molecule has 0 bridgehead atoms. The minimum Gasteiger partial charge on any atom is -0.382 e. The number of nitrogens with one attached hydrogen (secondary N) is 1. The minimum atomic E-state index is -0.205. The van der Waals surface area contributed by atoms with E-state index in [2.05, 4.69) is 27.5 Å². The summed E-state index contributed by atoms with van der Waals surface area (Å²) in [6, 6.07) is 4.98. The number of benzene rings is 1. The van der Waals surface area contributed by atoms with Crippen molar-refractivity contribution < 1.29 is 4.39 Å². The molecule has 1 nitrogen and oxygen atoms in total. The molecule has 0 fully saturated rings. The topological polar surface area (TPSA) is 12.0 Å². The summed E-state index contributed by atoms with van der Waals surface area (Å²) in [5, 5.41) is 3.08. The Morgan fingerprint density at radius 1 is 1.50 bits per heavy atom. The first-order valence-corrected chi connectivity index (χ1v) is 6.61. The van der Waals surface area contributed by atoms with Crippen LogP contribution in [0.4, 0.5) is 10.1 Å². The van der Waals surface area contributed by atoms with Gasteiger partial charge in [-0.3, -0.25) is 0 Å². The van der Waals surface area contributed by atoms with Crippen molar-refractivity contribution in [3.05, 3.63) is 28.5 Å². The molecule has 0 aromatic heterocycles. The van der Waals surface area contributed by atoms with Gasteiger partial charge in [-0.15, -0.1) is 0 Å². The molecule has 0 radical (unpaired) electrons. The number of para-hydroxylation sites is 1. The van der Waals surface area contributed by atoms with Gasteiger partial charge >= 0.3 is 0 Å². The Morgan fingerprint density at radius 2 is 2.29 bits per heavy atom. The molecule has 0 aliphatic heterocycles. The third kappa shape index (κ3) is 3.50. The Bertz CT molecular complexity index is 273. The first-order chi connectivity index (χ1) is 6.75. The second kappa shape index (κ2) is 6.30. The molecule has 0 amide bonds. The second-order valence-electron chi connectivity index (χ2n) is 2.87. The summed E-state index contributed by atoms with van der Waals surface area (Å²) < 4.78 is 14.0. The van der Waals surface area contributed by atoms with Crippen LogP contribution in [0.25, 0.3) is 0 Å². The van der Waals surface area contributed by atoms with E-state index >= 15 is 0 Å². The Labute approximate surface area is 96.6 Å². The highest BCUT2D eigenvalue weighted by atomic mass is 79.9. The maximum atomic E-state index is 13.3. The molecule has 0 aliphatic rings. The first-order valence-electron chi connectivity index (χ1n) is 4.42. The summed E-state index contributed by atoms with van der Waals surface area (Å²) >= 11 is 5.11. The summed E-state index contributed by atoms with van der Waals surface area (Å²) in [5.41, 5.74) is 0.564. The molecule has 14 heavy (non-hydrogen) atoms. The van der Waals surface area contributed by atoms with Crippen LogP contribution in [0.1, 0.15) is 6.42 Å². The highest BCUT2D eigenvalue weighted by Crippen LogP contribution is 2.24. The molecule has 0 saturated carbocycles. The zero-order valence-corrected chi connectivity index (χ0v) is 10.4. The number of anilines is 1. The number of halogens is 2. The molecular formula is C10H13BrFNS. The van der Waals surface area contributed by atoms with Gasteiger partial charge in [0.1, 0.15) is 5.82 Å². The molecule has 1 N–H and O–H groups in total. The van der Waals surface area contributed by atoms with Crippen LogP contribution in [0.5, 0.6) is 0 Å². The van der Waals surface area contributed by atoms with E-state index in [-0.39, 0.29) is 5.82 Å². The number of hydrogen-bond acceptors (Lipinski definition) is 2.